The molecule has 1 aliphatic heterocycles. The molecule has 2 aromatic rings. The molecule has 0 saturated carbocycles. The van der Waals surface area contributed by atoms with E-state index >= 15 is 0 Å². The molecule has 0 fully saturated rings. The van der Waals surface area contributed by atoms with Crippen molar-refractivity contribution >= 4 is 29.0 Å². The first-order valence-electron chi connectivity index (χ1n) is 8.35. The molecule has 3 rings (SSSR count). The quantitative estimate of drug-likeness (QED) is 0.773. The average Bonchev–Trinajstić information content (AvgIpc) is 2.89. The fourth-order valence-corrected chi connectivity index (χ4v) is 3.10. The van der Waals surface area contributed by atoms with Gasteiger partial charge < -0.3 is 10.0 Å². The minimum absolute atomic E-state index is 0.0332. The lowest BCUT2D eigenvalue weighted by molar-refractivity contribution is -0.138. The van der Waals surface area contributed by atoms with Crippen LogP contribution in [0, 0.1) is 5.82 Å². The predicted octanol–water partition coefficient (Wildman–Crippen LogP) is 2.68. The summed E-state index contributed by atoms with van der Waals surface area (Å²) in [7, 11) is 1.65. The summed E-state index contributed by atoms with van der Waals surface area (Å²) in [5.41, 5.74) is 1.69. The van der Waals surface area contributed by atoms with Gasteiger partial charge >= 0.3 is 0 Å². The van der Waals surface area contributed by atoms with Gasteiger partial charge in [-0.15, -0.1) is 0 Å². The van der Waals surface area contributed by atoms with Gasteiger partial charge in [0.25, 0.3) is 11.8 Å². The molecule has 0 aromatic heterocycles. The Labute approximate surface area is 161 Å². The van der Waals surface area contributed by atoms with Crippen LogP contribution in [-0.2, 0) is 16.1 Å². The molecule has 1 N–H and O–H groups in total. The molecule has 0 bridgehead atoms. The van der Waals surface area contributed by atoms with Gasteiger partial charge in [-0.2, -0.15) is 0 Å². The molecule has 0 atom stereocenters. The molecule has 2 amide bonds. The molecule has 0 radical (unpaired) electrons. The number of aliphatic hydroxyl groups excluding tert-OH is 1. The van der Waals surface area contributed by atoms with Crippen LogP contribution in [0.5, 0.6) is 0 Å². The summed E-state index contributed by atoms with van der Waals surface area (Å²) in [4.78, 5) is 28.7. The Morgan fingerprint density at radius 3 is 2.26 bits per heavy atom. The Kier molecular flexibility index (Phi) is 5.58. The molecule has 0 aliphatic carbocycles. The molecular weight excluding hydrogens is 371 g/mol. The lowest BCUT2D eigenvalue weighted by Crippen LogP contribution is -2.34. The number of hydrogen-bond acceptors (Lipinski definition) is 4. The van der Waals surface area contributed by atoms with Crippen LogP contribution >= 0.6 is 11.6 Å². The topological polar surface area (TPSA) is 60.9 Å². The average molecular weight is 389 g/mol. The third-order valence-corrected chi connectivity index (χ3v) is 4.60. The van der Waals surface area contributed by atoms with Gasteiger partial charge in [-0.3, -0.25) is 14.5 Å². The molecule has 1 heterocycles. The number of benzene rings is 2. The summed E-state index contributed by atoms with van der Waals surface area (Å²) in [5.74, 6) is -1.28. The van der Waals surface area contributed by atoms with E-state index in [0.717, 1.165) is 4.90 Å². The van der Waals surface area contributed by atoms with E-state index in [1.165, 1.54) is 24.3 Å². The Hall–Kier alpha value is -2.70. The number of halogens is 2. The van der Waals surface area contributed by atoms with Crippen molar-refractivity contribution in [2.75, 3.05) is 20.2 Å². The number of hydrogen-bond donors (Lipinski definition) is 1. The lowest BCUT2D eigenvalue weighted by Gasteiger charge is -2.20. The van der Waals surface area contributed by atoms with Gasteiger partial charge in [0, 0.05) is 18.6 Å². The van der Waals surface area contributed by atoms with Crippen molar-refractivity contribution in [1.82, 2.24) is 9.80 Å². The van der Waals surface area contributed by atoms with E-state index in [4.69, 9.17) is 11.6 Å². The van der Waals surface area contributed by atoms with E-state index in [9.17, 15) is 19.1 Å². The lowest BCUT2D eigenvalue weighted by atomic mass is 10.0. The first kappa shape index (κ1) is 19.1. The second-order valence-electron chi connectivity index (χ2n) is 6.20. The maximum absolute atomic E-state index is 13.1. The number of aliphatic hydroxyl groups is 1. The van der Waals surface area contributed by atoms with Crippen molar-refractivity contribution in [2.45, 2.75) is 6.54 Å². The van der Waals surface area contributed by atoms with Gasteiger partial charge in [0.15, 0.2) is 0 Å². The van der Waals surface area contributed by atoms with Crippen molar-refractivity contribution in [1.29, 1.82) is 0 Å². The number of rotatable bonds is 6. The zero-order valence-corrected chi connectivity index (χ0v) is 15.4. The third-order valence-electron chi connectivity index (χ3n) is 4.35. The summed E-state index contributed by atoms with van der Waals surface area (Å²) >= 11 is 5.93. The van der Waals surface area contributed by atoms with Crippen LogP contribution in [0.15, 0.2) is 54.2 Å². The molecule has 0 spiro atoms. The number of amides is 2. The molecule has 0 unspecified atom stereocenters. The van der Waals surface area contributed by atoms with Gasteiger partial charge in [-0.05, 0) is 35.4 Å². The van der Waals surface area contributed by atoms with Gasteiger partial charge in [0.05, 0.1) is 18.7 Å². The maximum Gasteiger partial charge on any atom is 0.278 e. The van der Waals surface area contributed by atoms with Crippen LogP contribution in [0.2, 0.25) is 5.02 Å². The maximum atomic E-state index is 13.1. The van der Waals surface area contributed by atoms with E-state index in [-0.39, 0.29) is 36.8 Å². The smallest absolute Gasteiger partial charge is 0.278 e. The standard InChI is InChI=1S/C20H18ClFN2O3/c1-23(10-11-25)18-17(14-4-6-15(21)7-5-14)19(26)24(20(18)27)12-13-2-8-16(22)9-3-13/h2-9,25H,10-12H2,1H3. The highest BCUT2D eigenvalue weighted by molar-refractivity contribution is 6.35. The monoisotopic (exact) mass is 388 g/mol. The molecule has 1 aliphatic rings. The number of imide groups is 1. The zero-order valence-electron chi connectivity index (χ0n) is 14.7. The van der Waals surface area contributed by atoms with E-state index in [1.807, 2.05) is 0 Å². The molecule has 0 saturated heterocycles. The second-order valence-corrected chi connectivity index (χ2v) is 6.64. The first-order valence-corrected chi connectivity index (χ1v) is 8.73. The fourth-order valence-electron chi connectivity index (χ4n) is 2.97. The van der Waals surface area contributed by atoms with Gasteiger partial charge in [-0.25, -0.2) is 4.39 Å². The van der Waals surface area contributed by atoms with Crippen LogP contribution in [0.1, 0.15) is 11.1 Å². The Morgan fingerprint density at radius 2 is 1.67 bits per heavy atom. The fraction of sp³-hybridized carbons (Fsp3) is 0.200. The Balaban J connectivity index is 1.99. The van der Waals surface area contributed by atoms with Crippen LogP contribution in [0.25, 0.3) is 5.57 Å². The van der Waals surface area contributed by atoms with Gasteiger partial charge in [0.1, 0.15) is 11.5 Å². The second kappa shape index (κ2) is 7.90. The van der Waals surface area contributed by atoms with Crippen LogP contribution < -0.4 is 0 Å². The molecule has 5 nitrogen and oxygen atoms in total. The molecule has 2 aromatic carbocycles. The Morgan fingerprint density at radius 1 is 1.04 bits per heavy atom. The van der Waals surface area contributed by atoms with E-state index in [0.29, 0.717) is 16.1 Å². The van der Waals surface area contributed by atoms with Crippen molar-refractivity contribution < 1.29 is 19.1 Å². The number of carbonyl (C=O) groups is 2. The summed E-state index contributed by atoms with van der Waals surface area (Å²) in [5, 5.41) is 9.76. The summed E-state index contributed by atoms with van der Waals surface area (Å²) in [6, 6.07) is 12.3. The molecule has 27 heavy (non-hydrogen) atoms. The third kappa shape index (κ3) is 3.86. The zero-order chi connectivity index (χ0) is 19.6. The minimum atomic E-state index is -0.453. The largest absolute Gasteiger partial charge is 0.395 e. The Bertz CT molecular complexity index is 894. The highest BCUT2D eigenvalue weighted by Gasteiger charge is 2.40. The van der Waals surface area contributed by atoms with Crippen LogP contribution in [0.4, 0.5) is 4.39 Å². The number of likely N-dealkylation sites (N-methyl/N-ethyl adjacent to an activating group) is 1. The highest BCUT2D eigenvalue weighted by Crippen LogP contribution is 2.32. The van der Waals surface area contributed by atoms with Gasteiger partial charge in [-0.1, -0.05) is 35.9 Å². The first-order chi connectivity index (χ1) is 12.9. The van der Waals surface area contributed by atoms with E-state index in [1.54, 1.807) is 36.2 Å². The SMILES string of the molecule is CN(CCO)C1=C(c2ccc(Cl)cc2)C(=O)N(Cc2ccc(F)cc2)C1=O. The van der Waals surface area contributed by atoms with Crippen LogP contribution in [0.3, 0.4) is 0 Å². The highest BCUT2D eigenvalue weighted by atomic mass is 35.5. The van der Waals surface area contributed by atoms with Crippen molar-refractivity contribution in [3.8, 4) is 0 Å². The van der Waals surface area contributed by atoms with Crippen molar-refractivity contribution in [3.63, 3.8) is 0 Å². The van der Waals surface area contributed by atoms with E-state index in [2.05, 4.69) is 0 Å². The summed E-state index contributed by atoms with van der Waals surface area (Å²) < 4.78 is 13.1. The molecular formula is C20H18ClFN2O3. The molecule has 7 heteroatoms. The van der Waals surface area contributed by atoms with E-state index < -0.39 is 11.8 Å². The number of carbonyl (C=O) groups excluding carboxylic acids is 2. The van der Waals surface area contributed by atoms with Gasteiger partial charge in [0.2, 0.25) is 0 Å². The van der Waals surface area contributed by atoms with Crippen LogP contribution in [-0.4, -0.2) is 46.9 Å². The summed E-state index contributed by atoms with van der Waals surface area (Å²) in [6.45, 7) is 0.0780. The predicted molar refractivity (Wildman–Crippen MR) is 100 cm³/mol. The summed E-state index contributed by atoms with van der Waals surface area (Å²) in [6.07, 6.45) is 0. The normalized spacial score (nSPS) is 14.3. The number of nitrogens with zero attached hydrogens (tertiary/aromatic N) is 2. The van der Waals surface area contributed by atoms with Crippen molar-refractivity contribution in [2.24, 2.45) is 0 Å². The minimum Gasteiger partial charge on any atom is -0.395 e. The molecule has 140 valence electrons. The van der Waals surface area contributed by atoms with Crippen molar-refractivity contribution in [3.05, 3.63) is 76.2 Å².